The molecule has 0 saturated carbocycles. The molecule has 0 aliphatic carbocycles. The third-order valence-electron chi connectivity index (χ3n) is 4.84. The van der Waals surface area contributed by atoms with Crippen LogP contribution in [0.5, 0.6) is 5.75 Å². The minimum atomic E-state index is -0.130. The Bertz CT molecular complexity index is 1170. The highest BCUT2D eigenvalue weighted by atomic mass is 32.1. The number of hydrogen-bond donors (Lipinski definition) is 0. The van der Waals surface area contributed by atoms with Gasteiger partial charge in [0.25, 0.3) is 5.56 Å². The lowest BCUT2D eigenvalue weighted by molar-refractivity contribution is 0.244. The molecular formula is C23H24N4O2S. The number of nitrogens with zero attached hydrogens (tertiary/aromatic N) is 4. The average Bonchev–Trinajstić information content (AvgIpc) is 3.19. The smallest absolute Gasteiger partial charge is 0.275 e. The fourth-order valence-corrected chi connectivity index (χ4v) is 4.21. The van der Waals surface area contributed by atoms with Crippen molar-refractivity contribution >= 4 is 16.3 Å². The zero-order valence-corrected chi connectivity index (χ0v) is 17.9. The van der Waals surface area contributed by atoms with Gasteiger partial charge in [-0.2, -0.15) is 9.61 Å². The minimum absolute atomic E-state index is 0.130. The summed E-state index contributed by atoms with van der Waals surface area (Å²) in [7, 11) is 1.67. The Kier molecular flexibility index (Phi) is 6.21. The Hall–Kier alpha value is -3.03. The van der Waals surface area contributed by atoms with Gasteiger partial charge in [-0.3, -0.25) is 9.69 Å². The van der Waals surface area contributed by atoms with Gasteiger partial charge in [-0.05, 0) is 29.7 Å². The lowest BCUT2D eigenvalue weighted by Gasteiger charge is -2.22. The molecule has 0 saturated heterocycles. The highest BCUT2D eigenvalue weighted by molar-refractivity contribution is 7.16. The molecule has 154 valence electrons. The Morgan fingerprint density at radius 3 is 2.37 bits per heavy atom. The fraction of sp³-hybridized carbons (Fsp3) is 0.261. The topological polar surface area (TPSA) is 59.7 Å². The van der Waals surface area contributed by atoms with Crippen LogP contribution in [-0.2, 0) is 26.1 Å². The second kappa shape index (κ2) is 9.19. The minimum Gasteiger partial charge on any atom is -0.497 e. The van der Waals surface area contributed by atoms with E-state index in [-0.39, 0.29) is 5.56 Å². The van der Waals surface area contributed by atoms with Crippen LogP contribution < -0.4 is 10.3 Å². The number of benzene rings is 2. The van der Waals surface area contributed by atoms with Crippen LogP contribution in [0.2, 0.25) is 0 Å². The molecule has 7 heteroatoms. The maximum absolute atomic E-state index is 12.5. The van der Waals surface area contributed by atoms with Gasteiger partial charge < -0.3 is 4.74 Å². The van der Waals surface area contributed by atoms with E-state index in [2.05, 4.69) is 34.3 Å². The van der Waals surface area contributed by atoms with Gasteiger partial charge in [0.15, 0.2) is 0 Å². The molecule has 4 aromatic rings. The summed E-state index contributed by atoms with van der Waals surface area (Å²) in [6, 6.07) is 20.0. The van der Waals surface area contributed by atoms with E-state index in [1.165, 1.54) is 27.0 Å². The largest absolute Gasteiger partial charge is 0.497 e. The molecule has 4 rings (SSSR count). The molecule has 0 aliphatic heterocycles. The van der Waals surface area contributed by atoms with Crippen LogP contribution >= 0.6 is 11.3 Å². The number of methoxy groups -OCH3 is 1. The van der Waals surface area contributed by atoms with Crippen molar-refractivity contribution in [3.8, 4) is 5.75 Å². The molecule has 0 N–H and O–H groups in total. The van der Waals surface area contributed by atoms with Crippen molar-refractivity contribution in [3.63, 3.8) is 0 Å². The van der Waals surface area contributed by atoms with E-state index < -0.39 is 0 Å². The molecule has 2 aromatic carbocycles. The van der Waals surface area contributed by atoms with Crippen molar-refractivity contribution < 1.29 is 4.74 Å². The number of rotatable bonds is 8. The predicted octanol–water partition coefficient (Wildman–Crippen LogP) is 3.92. The second-order valence-electron chi connectivity index (χ2n) is 7.11. The molecule has 0 fully saturated rings. The normalized spacial score (nSPS) is 11.3. The third kappa shape index (κ3) is 4.75. The van der Waals surface area contributed by atoms with Crippen molar-refractivity contribution in [3.05, 3.63) is 92.8 Å². The molecule has 0 bridgehead atoms. The summed E-state index contributed by atoms with van der Waals surface area (Å²) >= 11 is 1.47. The van der Waals surface area contributed by atoms with Crippen molar-refractivity contribution in [2.75, 3.05) is 7.11 Å². The molecule has 0 amide bonds. The summed E-state index contributed by atoms with van der Waals surface area (Å²) in [6.45, 7) is 4.10. The molecule has 0 aliphatic rings. The van der Waals surface area contributed by atoms with E-state index in [0.717, 1.165) is 36.0 Å². The Balaban J connectivity index is 1.61. The number of fused-ring (bicyclic) bond motifs is 1. The zero-order valence-electron chi connectivity index (χ0n) is 17.1. The lowest BCUT2D eigenvalue weighted by atomic mass is 10.1. The van der Waals surface area contributed by atoms with E-state index in [1.54, 1.807) is 13.2 Å². The van der Waals surface area contributed by atoms with Crippen LogP contribution in [0.3, 0.4) is 0 Å². The summed E-state index contributed by atoms with van der Waals surface area (Å²) in [4.78, 5) is 20.2. The standard InChI is InChI=1S/C23H24N4O2S/c1-3-21-25-27-22(28)13-19(24-23(27)30-21)16-26(14-17-7-5-4-6-8-17)15-18-9-11-20(29-2)12-10-18/h4-13H,3,14-16H2,1-2H3. The highest BCUT2D eigenvalue weighted by Gasteiger charge is 2.13. The molecular weight excluding hydrogens is 396 g/mol. The van der Waals surface area contributed by atoms with E-state index in [1.807, 2.05) is 37.3 Å². The first kappa shape index (κ1) is 20.3. The van der Waals surface area contributed by atoms with Crippen molar-refractivity contribution in [1.29, 1.82) is 0 Å². The molecule has 2 heterocycles. The van der Waals surface area contributed by atoms with E-state index >= 15 is 0 Å². The molecule has 0 unspecified atom stereocenters. The van der Waals surface area contributed by atoms with Gasteiger partial charge >= 0.3 is 0 Å². The summed E-state index contributed by atoms with van der Waals surface area (Å²) in [5, 5.41) is 5.25. The fourth-order valence-electron chi connectivity index (χ4n) is 3.35. The number of ether oxygens (including phenoxy) is 1. The number of aryl methyl sites for hydroxylation is 1. The third-order valence-corrected chi connectivity index (χ3v) is 5.89. The maximum Gasteiger partial charge on any atom is 0.275 e. The van der Waals surface area contributed by atoms with Crippen LogP contribution in [0, 0.1) is 0 Å². The molecule has 0 radical (unpaired) electrons. The van der Waals surface area contributed by atoms with Crippen molar-refractivity contribution in [2.45, 2.75) is 33.0 Å². The lowest BCUT2D eigenvalue weighted by Crippen LogP contribution is -2.25. The van der Waals surface area contributed by atoms with Crippen molar-refractivity contribution in [1.82, 2.24) is 19.5 Å². The molecule has 30 heavy (non-hydrogen) atoms. The first-order chi connectivity index (χ1) is 14.6. The van der Waals surface area contributed by atoms with Crippen LogP contribution in [-0.4, -0.2) is 26.6 Å². The Labute approximate surface area is 179 Å². The monoisotopic (exact) mass is 420 g/mol. The van der Waals surface area contributed by atoms with Gasteiger partial charge in [0, 0.05) is 25.7 Å². The Morgan fingerprint density at radius 2 is 1.70 bits per heavy atom. The van der Waals surface area contributed by atoms with Crippen LogP contribution in [0.1, 0.15) is 28.8 Å². The first-order valence-corrected chi connectivity index (χ1v) is 10.7. The Morgan fingerprint density at radius 1 is 1.00 bits per heavy atom. The average molecular weight is 421 g/mol. The van der Waals surface area contributed by atoms with Gasteiger partial charge in [0.1, 0.15) is 10.8 Å². The van der Waals surface area contributed by atoms with Crippen LogP contribution in [0.15, 0.2) is 65.5 Å². The van der Waals surface area contributed by atoms with Gasteiger partial charge in [-0.1, -0.05) is 60.7 Å². The van der Waals surface area contributed by atoms with E-state index in [0.29, 0.717) is 11.5 Å². The molecule has 2 aromatic heterocycles. The molecule has 0 atom stereocenters. The maximum atomic E-state index is 12.5. The van der Waals surface area contributed by atoms with Gasteiger partial charge in [-0.25, -0.2) is 4.98 Å². The van der Waals surface area contributed by atoms with E-state index in [4.69, 9.17) is 9.72 Å². The predicted molar refractivity (Wildman–Crippen MR) is 119 cm³/mol. The molecule has 6 nitrogen and oxygen atoms in total. The molecule has 0 spiro atoms. The van der Waals surface area contributed by atoms with Crippen LogP contribution in [0.25, 0.3) is 4.96 Å². The van der Waals surface area contributed by atoms with Gasteiger partial charge in [-0.15, -0.1) is 0 Å². The zero-order chi connectivity index (χ0) is 20.9. The summed E-state index contributed by atoms with van der Waals surface area (Å²) in [5.41, 5.74) is 3.02. The number of hydrogen-bond acceptors (Lipinski definition) is 6. The van der Waals surface area contributed by atoms with Gasteiger partial charge in [0.2, 0.25) is 4.96 Å². The van der Waals surface area contributed by atoms with E-state index in [9.17, 15) is 4.79 Å². The van der Waals surface area contributed by atoms with Crippen molar-refractivity contribution in [2.24, 2.45) is 0 Å². The SMILES string of the molecule is CCc1nn2c(=O)cc(CN(Cc3ccccc3)Cc3ccc(OC)cc3)nc2s1. The summed E-state index contributed by atoms with van der Waals surface area (Å²) < 4.78 is 6.67. The second-order valence-corrected chi connectivity index (χ2v) is 8.15. The quantitative estimate of drug-likeness (QED) is 0.432. The first-order valence-electron chi connectivity index (χ1n) is 9.92. The summed E-state index contributed by atoms with van der Waals surface area (Å²) in [5.74, 6) is 0.838. The van der Waals surface area contributed by atoms with Gasteiger partial charge in [0.05, 0.1) is 12.8 Å². The van der Waals surface area contributed by atoms with Crippen LogP contribution in [0.4, 0.5) is 0 Å². The summed E-state index contributed by atoms with van der Waals surface area (Å²) in [6.07, 6.45) is 0.792. The highest BCUT2D eigenvalue weighted by Crippen LogP contribution is 2.17. The number of aromatic nitrogens is 3.